The Hall–Kier alpha value is -3.35. The zero-order valence-electron chi connectivity index (χ0n) is 15.7. The van der Waals surface area contributed by atoms with Gasteiger partial charge in [-0.05, 0) is 54.7 Å². The maximum absolute atomic E-state index is 13.0. The number of fused-ring (bicyclic) bond motifs is 1. The summed E-state index contributed by atoms with van der Waals surface area (Å²) in [5, 5.41) is 8.16. The van der Waals surface area contributed by atoms with Gasteiger partial charge < -0.3 is 9.05 Å². The fourth-order valence-electron chi connectivity index (χ4n) is 3.80. The first-order valence-electron chi connectivity index (χ1n) is 9.75. The Morgan fingerprint density at radius 1 is 0.897 bits per heavy atom. The first-order valence-corrected chi connectivity index (χ1v) is 9.75. The molecule has 1 aliphatic rings. The average Bonchev–Trinajstić information content (AvgIpc) is 3.48. The van der Waals surface area contributed by atoms with Gasteiger partial charge in [-0.3, -0.25) is 0 Å². The van der Waals surface area contributed by atoms with Crippen LogP contribution in [0.4, 0.5) is 4.39 Å². The predicted molar refractivity (Wildman–Crippen MR) is 103 cm³/mol. The molecule has 146 valence electrons. The Bertz CT molecular complexity index is 1120. The summed E-state index contributed by atoms with van der Waals surface area (Å²) in [5.74, 6) is 2.31. The summed E-state index contributed by atoms with van der Waals surface area (Å²) in [7, 11) is 0. The lowest BCUT2D eigenvalue weighted by Crippen LogP contribution is -1.99. The monoisotopic (exact) mass is 390 g/mol. The molecule has 0 bridgehead atoms. The van der Waals surface area contributed by atoms with Gasteiger partial charge in [0.25, 0.3) is 0 Å². The van der Waals surface area contributed by atoms with Gasteiger partial charge >= 0.3 is 0 Å². The van der Waals surface area contributed by atoms with Gasteiger partial charge in [-0.2, -0.15) is 9.97 Å². The van der Waals surface area contributed by atoms with Crippen molar-refractivity contribution in [2.24, 2.45) is 0 Å². The van der Waals surface area contributed by atoms with E-state index in [1.165, 1.54) is 23.3 Å². The molecule has 6 nitrogen and oxygen atoms in total. The first-order chi connectivity index (χ1) is 14.3. The van der Waals surface area contributed by atoms with E-state index in [1.807, 2.05) is 0 Å². The summed E-state index contributed by atoms with van der Waals surface area (Å²) in [6.45, 7) is 0. The molecule has 29 heavy (non-hydrogen) atoms. The van der Waals surface area contributed by atoms with Crippen LogP contribution in [-0.2, 0) is 19.3 Å². The van der Waals surface area contributed by atoms with Crippen molar-refractivity contribution in [2.75, 3.05) is 0 Å². The van der Waals surface area contributed by atoms with Crippen LogP contribution in [0.2, 0.25) is 0 Å². The number of rotatable bonds is 6. The predicted octanol–water partition coefficient (Wildman–Crippen LogP) is 4.51. The molecular formula is C22H19FN4O2. The topological polar surface area (TPSA) is 77.8 Å². The van der Waals surface area contributed by atoms with Crippen molar-refractivity contribution < 1.29 is 13.4 Å². The van der Waals surface area contributed by atoms with Crippen LogP contribution in [-0.4, -0.2) is 20.3 Å². The van der Waals surface area contributed by atoms with E-state index >= 15 is 0 Å². The molecule has 2 heterocycles. The molecule has 0 saturated heterocycles. The molecule has 5 rings (SSSR count). The highest BCUT2D eigenvalue weighted by molar-refractivity contribution is 5.53. The fraction of sp³-hybridized carbons (Fsp3) is 0.273. The molecule has 0 fully saturated rings. The summed E-state index contributed by atoms with van der Waals surface area (Å²) >= 11 is 0. The highest BCUT2D eigenvalue weighted by atomic mass is 19.1. The molecule has 1 aliphatic carbocycles. The number of nitrogens with zero attached hydrogens (tertiary/aromatic N) is 4. The van der Waals surface area contributed by atoms with Crippen molar-refractivity contribution >= 4 is 0 Å². The molecular weight excluding hydrogens is 371 g/mol. The summed E-state index contributed by atoms with van der Waals surface area (Å²) in [6.07, 6.45) is 4.09. The van der Waals surface area contributed by atoms with E-state index in [-0.39, 0.29) is 11.7 Å². The van der Waals surface area contributed by atoms with Crippen LogP contribution < -0.4 is 0 Å². The van der Waals surface area contributed by atoms with Gasteiger partial charge in [-0.25, -0.2) is 4.39 Å². The maximum Gasteiger partial charge on any atom is 0.226 e. The number of halogens is 1. The Morgan fingerprint density at radius 3 is 2.52 bits per heavy atom. The molecule has 0 aliphatic heterocycles. The van der Waals surface area contributed by atoms with Crippen molar-refractivity contribution in [1.82, 2.24) is 20.3 Å². The Kier molecular flexibility index (Phi) is 4.63. The molecule has 1 unspecified atom stereocenters. The third kappa shape index (κ3) is 3.68. The fourth-order valence-corrected chi connectivity index (χ4v) is 3.80. The Labute approximate surface area is 166 Å². The van der Waals surface area contributed by atoms with Gasteiger partial charge in [0.2, 0.25) is 17.6 Å². The van der Waals surface area contributed by atoms with E-state index in [1.54, 1.807) is 12.1 Å². The second-order valence-corrected chi connectivity index (χ2v) is 7.21. The minimum atomic E-state index is -0.294. The van der Waals surface area contributed by atoms with Crippen molar-refractivity contribution in [1.29, 1.82) is 0 Å². The lowest BCUT2D eigenvalue weighted by atomic mass is 10.0. The lowest BCUT2D eigenvalue weighted by Gasteiger charge is -2.05. The largest absolute Gasteiger partial charge is 0.339 e. The molecule has 2 aromatic carbocycles. The minimum absolute atomic E-state index is 0.220. The van der Waals surface area contributed by atoms with Gasteiger partial charge in [0.05, 0.1) is 0 Å². The van der Waals surface area contributed by atoms with Gasteiger partial charge in [0.15, 0.2) is 5.82 Å². The van der Waals surface area contributed by atoms with Crippen LogP contribution >= 0.6 is 0 Å². The van der Waals surface area contributed by atoms with Crippen molar-refractivity contribution in [3.8, 4) is 11.4 Å². The highest BCUT2D eigenvalue weighted by Crippen LogP contribution is 2.36. The van der Waals surface area contributed by atoms with E-state index < -0.39 is 0 Å². The normalized spacial score (nSPS) is 15.6. The smallest absolute Gasteiger partial charge is 0.226 e. The Morgan fingerprint density at radius 2 is 1.66 bits per heavy atom. The number of aromatic nitrogens is 4. The van der Waals surface area contributed by atoms with Gasteiger partial charge in [-0.1, -0.05) is 34.6 Å². The zero-order chi connectivity index (χ0) is 19.6. The van der Waals surface area contributed by atoms with Gasteiger partial charge in [0.1, 0.15) is 5.82 Å². The number of hydrogen-bond donors (Lipinski definition) is 0. The molecule has 0 amide bonds. The van der Waals surface area contributed by atoms with E-state index in [0.29, 0.717) is 30.4 Å². The van der Waals surface area contributed by atoms with Crippen molar-refractivity contribution in [3.63, 3.8) is 0 Å². The molecule has 0 N–H and O–H groups in total. The van der Waals surface area contributed by atoms with E-state index in [0.717, 1.165) is 30.7 Å². The van der Waals surface area contributed by atoms with Crippen LogP contribution in [0.5, 0.6) is 0 Å². The second kappa shape index (κ2) is 7.58. The van der Waals surface area contributed by atoms with Crippen molar-refractivity contribution in [2.45, 2.75) is 38.0 Å². The summed E-state index contributed by atoms with van der Waals surface area (Å²) in [6, 6.07) is 14.5. The minimum Gasteiger partial charge on any atom is -0.339 e. The van der Waals surface area contributed by atoms with Crippen LogP contribution in [0.15, 0.2) is 57.6 Å². The molecule has 0 saturated carbocycles. The van der Waals surface area contributed by atoms with Crippen molar-refractivity contribution in [3.05, 3.63) is 83.1 Å². The molecule has 4 aromatic rings. The second-order valence-electron chi connectivity index (χ2n) is 7.21. The van der Waals surface area contributed by atoms with E-state index in [4.69, 9.17) is 9.05 Å². The number of benzene rings is 2. The van der Waals surface area contributed by atoms with Crippen LogP contribution in [0, 0.1) is 5.82 Å². The number of aryl methyl sites for hydroxylation is 3. The van der Waals surface area contributed by atoms with Gasteiger partial charge in [-0.15, -0.1) is 0 Å². The lowest BCUT2D eigenvalue weighted by molar-refractivity contribution is 0.356. The highest BCUT2D eigenvalue weighted by Gasteiger charge is 2.27. The van der Waals surface area contributed by atoms with Crippen LogP contribution in [0.3, 0.4) is 0 Å². The molecule has 2 aromatic heterocycles. The molecule has 0 spiro atoms. The average molecular weight is 390 g/mol. The van der Waals surface area contributed by atoms with E-state index in [9.17, 15) is 4.39 Å². The molecule has 7 heteroatoms. The zero-order valence-corrected chi connectivity index (χ0v) is 15.7. The third-order valence-corrected chi connectivity index (χ3v) is 5.28. The molecule has 1 atom stereocenters. The first kappa shape index (κ1) is 17.7. The summed E-state index contributed by atoms with van der Waals surface area (Å²) < 4.78 is 23.8. The Balaban J connectivity index is 1.19. The number of hydrogen-bond acceptors (Lipinski definition) is 6. The van der Waals surface area contributed by atoms with Crippen LogP contribution in [0.25, 0.3) is 11.4 Å². The van der Waals surface area contributed by atoms with E-state index in [2.05, 4.69) is 44.5 Å². The summed E-state index contributed by atoms with van der Waals surface area (Å²) in [5.41, 5.74) is 3.40. The standard InChI is InChI=1S/C22H19FN4O2/c23-16-11-8-15(9-12-16)21-24-19(28-26-21)6-3-7-20-25-22(27-29-20)18-13-10-14-4-1-2-5-17(14)18/h1-2,4-5,8-9,11-12,18H,3,6-7,10,13H2. The SMILES string of the molecule is Fc1ccc(-c2noc(CCCc3nc(C4CCc5ccccc54)no3)n2)cc1. The quantitative estimate of drug-likeness (QED) is 0.482. The van der Waals surface area contributed by atoms with Gasteiger partial charge in [0, 0.05) is 24.3 Å². The third-order valence-electron chi connectivity index (χ3n) is 5.28. The van der Waals surface area contributed by atoms with Crippen LogP contribution in [0.1, 0.15) is 47.5 Å². The molecule has 0 radical (unpaired) electrons. The summed E-state index contributed by atoms with van der Waals surface area (Å²) in [4.78, 5) is 8.97. The maximum atomic E-state index is 13.0.